The number of benzene rings is 3. The second-order valence-corrected chi connectivity index (χ2v) is 7.40. The molecule has 0 radical (unpaired) electrons. The van der Waals surface area contributed by atoms with Crippen LogP contribution in [0.4, 0.5) is 5.69 Å². The summed E-state index contributed by atoms with van der Waals surface area (Å²) in [4.78, 5) is 3.54. The molecule has 28 heavy (non-hydrogen) atoms. The molecule has 3 aromatic carbocycles. The topological polar surface area (TPSA) is 37.0 Å². The van der Waals surface area contributed by atoms with Gasteiger partial charge in [0.1, 0.15) is 5.75 Å². The third kappa shape index (κ3) is 3.36. The monoisotopic (exact) mass is 370 g/mol. The van der Waals surface area contributed by atoms with Crippen molar-refractivity contribution in [3.05, 3.63) is 94.7 Å². The minimum absolute atomic E-state index is 0.0338. The molecule has 0 fully saturated rings. The van der Waals surface area contributed by atoms with Crippen LogP contribution in [-0.4, -0.2) is 12.1 Å². The van der Waals surface area contributed by atoms with Crippen molar-refractivity contribution < 1.29 is 4.74 Å². The number of anilines is 1. The molecule has 3 heteroatoms. The van der Waals surface area contributed by atoms with E-state index in [0.29, 0.717) is 0 Å². The van der Waals surface area contributed by atoms with Gasteiger partial charge in [0, 0.05) is 33.4 Å². The van der Waals surface area contributed by atoms with Gasteiger partial charge in [-0.3, -0.25) is 0 Å². The number of hydrogen-bond donors (Lipinski definition) is 2. The van der Waals surface area contributed by atoms with E-state index in [1.807, 2.05) is 12.1 Å². The van der Waals surface area contributed by atoms with Crippen LogP contribution in [0.1, 0.15) is 34.0 Å². The Balaban J connectivity index is 1.92. The van der Waals surface area contributed by atoms with Crippen molar-refractivity contribution in [3.63, 3.8) is 0 Å². The highest BCUT2D eigenvalue weighted by Gasteiger charge is 2.23. The molecule has 4 aromatic rings. The summed E-state index contributed by atoms with van der Waals surface area (Å²) < 4.78 is 5.71. The number of para-hydroxylation sites is 2. The lowest BCUT2D eigenvalue weighted by Gasteiger charge is -2.24. The molecule has 0 aliphatic rings. The molecule has 0 saturated heterocycles. The molecule has 1 heterocycles. The number of methoxy groups -OCH3 is 1. The quantitative estimate of drug-likeness (QED) is 0.432. The molecule has 0 unspecified atom stereocenters. The highest BCUT2D eigenvalue weighted by molar-refractivity contribution is 5.86. The van der Waals surface area contributed by atoms with E-state index in [-0.39, 0.29) is 6.04 Å². The van der Waals surface area contributed by atoms with Gasteiger partial charge in [-0.2, -0.15) is 0 Å². The van der Waals surface area contributed by atoms with Crippen LogP contribution in [0, 0.1) is 20.8 Å². The van der Waals surface area contributed by atoms with Crippen LogP contribution >= 0.6 is 0 Å². The van der Waals surface area contributed by atoms with Crippen LogP contribution in [-0.2, 0) is 0 Å². The number of aryl methyl sites for hydroxylation is 3. The smallest absolute Gasteiger partial charge is 0.124 e. The Morgan fingerprint density at radius 3 is 2.29 bits per heavy atom. The highest BCUT2D eigenvalue weighted by atomic mass is 16.5. The lowest BCUT2D eigenvalue weighted by Crippen LogP contribution is -2.14. The average Bonchev–Trinajstić information content (AvgIpc) is 3.01. The lowest BCUT2D eigenvalue weighted by atomic mass is 9.94. The molecule has 0 spiro atoms. The maximum absolute atomic E-state index is 5.71. The fourth-order valence-electron chi connectivity index (χ4n) is 4.11. The van der Waals surface area contributed by atoms with E-state index in [9.17, 15) is 0 Å². The summed E-state index contributed by atoms with van der Waals surface area (Å²) in [6.07, 6.45) is 0. The maximum Gasteiger partial charge on any atom is 0.124 e. The van der Waals surface area contributed by atoms with E-state index >= 15 is 0 Å². The molecule has 0 saturated carbocycles. The van der Waals surface area contributed by atoms with Crippen LogP contribution in [0.15, 0.2) is 66.7 Å². The van der Waals surface area contributed by atoms with Crippen molar-refractivity contribution >= 4 is 16.6 Å². The molecule has 142 valence electrons. The number of ether oxygens (including phenoxy) is 1. The minimum Gasteiger partial charge on any atom is -0.496 e. The van der Waals surface area contributed by atoms with Crippen LogP contribution in [0.2, 0.25) is 0 Å². The Kier molecular flexibility index (Phi) is 4.82. The Labute approximate surface area is 166 Å². The number of rotatable bonds is 5. The summed E-state index contributed by atoms with van der Waals surface area (Å²) in [5.74, 6) is 0.883. The largest absolute Gasteiger partial charge is 0.496 e. The van der Waals surface area contributed by atoms with Crippen LogP contribution < -0.4 is 10.1 Å². The average molecular weight is 370 g/mol. The van der Waals surface area contributed by atoms with E-state index in [0.717, 1.165) is 28.2 Å². The van der Waals surface area contributed by atoms with Crippen molar-refractivity contribution in [2.45, 2.75) is 26.8 Å². The zero-order valence-electron chi connectivity index (χ0n) is 16.8. The van der Waals surface area contributed by atoms with E-state index in [4.69, 9.17) is 4.74 Å². The first-order valence-electron chi connectivity index (χ1n) is 9.62. The minimum atomic E-state index is -0.0338. The summed E-state index contributed by atoms with van der Waals surface area (Å²) in [6, 6.07) is 23.3. The predicted octanol–water partition coefficient (Wildman–Crippen LogP) is 6.30. The zero-order chi connectivity index (χ0) is 19.7. The van der Waals surface area contributed by atoms with Crippen molar-refractivity contribution in [3.8, 4) is 5.75 Å². The molecular formula is C25H26N2O. The Bertz CT molecular complexity index is 1110. The summed E-state index contributed by atoms with van der Waals surface area (Å²) in [6.45, 7) is 6.40. The molecule has 1 aromatic heterocycles. The second-order valence-electron chi connectivity index (χ2n) is 7.40. The molecule has 2 N–H and O–H groups in total. The van der Waals surface area contributed by atoms with Crippen molar-refractivity contribution in [1.29, 1.82) is 0 Å². The van der Waals surface area contributed by atoms with Gasteiger partial charge in [0.05, 0.1) is 13.2 Å². The third-order valence-corrected chi connectivity index (χ3v) is 5.21. The van der Waals surface area contributed by atoms with Gasteiger partial charge < -0.3 is 15.0 Å². The molecule has 1 atom stereocenters. The molecule has 0 amide bonds. The Hall–Kier alpha value is -3.20. The van der Waals surface area contributed by atoms with Crippen molar-refractivity contribution in [1.82, 2.24) is 4.98 Å². The van der Waals surface area contributed by atoms with Crippen molar-refractivity contribution in [2.75, 3.05) is 12.4 Å². The highest BCUT2D eigenvalue weighted by Crippen LogP contribution is 2.38. The first-order chi connectivity index (χ1) is 13.6. The Morgan fingerprint density at radius 1 is 0.857 bits per heavy atom. The fourth-order valence-corrected chi connectivity index (χ4v) is 4.11. The van der Waals surface area contributed by atoms with Gasteiger partial charge in [-0.25, -0.2) is 0 Å². The van der Waals surface area contributed by atoms with Crippen LogP contribution in [0.5, 0.6) is 5.75 Å². The molecule has 0 aliphatic carbocycles. The van der Waals surface area contributed by atoms with Crippen LogP contribution in [0.3, 0.4) is 0 Å². The first-order valence-corrected chi connectivity index (χ1v) is 9.62. The number of aromatic nitrogens is 1. The number of hydrogen-bond acceptors (Lipinski definition) is 2. The summed E-state index contributed by atoms with van der Waals surface area (Å²) in [5.41, 5.74) is 8.29. The van der Waals surface area contributed by atoms with Gasteiger partial charge in [-0.05, 0) is 56.2 Å². The normalized spacial score (nSPS) is 12.1. The van der Waals surface area contributed by atoms with Gasteiger partial charge in [-0.15, -0.1) is 0 Å². The van der Waals surface area contributed by atoms with Gasteiger partial charge in [0.2, 0.25) is 0 Å². The summed E-state index contributed by atoms with van der Waals surface area (Å²) >= 11 is 0. The second kappa shape index (κ2) is 7.43. The van der Waals surface area contributed by atoms with Gasteiger partial charge in [0.25, 0.3) is 0 Å². The third-order valence-electron chi connectivity index (χ3n) is 5.21. The zero-order valence-corrected chi connectivity index (χ0v) is 16.8. The van der Waals surface area contributed by atoms with Gasteiger partial charge >= 0.3 is 0 Å². The number of aromatic amines is 1. The number of fused-ring (bicyclic) bond motifs is 1. The van der Waals surface area contributed by atoms with E-state index < -0.39 is 0 Å². The lowest BCUT2D eigenvalue weighted by molar-refractivity contribution is 0.408. The Morgan fingerprint density at radius 2 is 1.54 bits per heavy atom. The van der Waals surface area contributed by atoms with E-state index in [1.165, 1.54) is 22.1 Å². The van der Waals surface area contributed by atoms with Gasteiger partial charge in [-0.1, -0.05) is 42.5 Å². The summed E-state index contributed by atoms with van der Waals surface area (Å²) in [7, 11) is 1.73. The predicted molar refractivity (Wildman–Crippen MR) is 117 cm³/mol. The van der Waals surface area contributed by atoms with E-state index in [1.54, 1.807) is 7.11 Å². The first kappa shape index (κ1) is 18.2. The van der Waals surface area contributed by atoms with Crippen molar-refractivity contribution in [2.24, 2.45) is 0 Å². The molecule has 0 bridgehead atoms. The number of nitrogens with one attached hydrogen (secondary N) is 2. The number of H-pyrrole nitrogens is 1. The van der Waals surface area contributed by atoms with E-state index in [2.05, 4.69) is 85.7 Å². The fraction of sp³-hybridized carbons (Fsp3) is 0.200. The molecule has 3 nitrogen and oxygen atoms in total. The van der Waals surface area contributed by atoms with Gasteiger partial charge in [0.15, 0.2) is 0 Å². The molecule has 4 rings (SSSR count). The molecular weight excluding hydrogens is 344 g/mol. The SMILES string of the molecule is COc1ccccc1[C@H](Nc1cc(C)cc(C)c1)c1c(C)[nH]c2ccccc12. The maximum atomic E-state index is 5.71. The van der Waals surface area contributed by atoms with Crippen LogP contribution in [0.25, 0.3) is 10.9 Å². The molecule has 0 aliphatic heterocycles. The standard InChI is InChI=1S/C25H26N2O/c1-16-13-17(2)15-19(14-16)27-25(21-10-6-8-12-23(21)28-4)24-18(3)26-22-11-7-5-9-20(22)24/h5-15,25-27H,1-4H3/t25-/m0/s1. The summed E-state index contributed by atoms with van der Waals surface area (Å²) in [5, 5.41) is 5.02.